The molecule has 2 aromatic carbocycles. The van der Waals surface area contributed by atoms with Gasteiger partial charge in [0.1, 0.15) is 6.61 Å². The summed E-state index contributed by atoms with van der Waals surface area (Å²) in [5.74, 6) is 1.15. The average Bonchev–Trinajstić information content (AvgIpc) is 2.54. The highest BCUT2D eigenvalue weighted by molar-refractivity contribution is 7.80. The van der Waals surface area contributed by atoms with Gasteiger partial charge in [0.15, 0.2) is 17.7 Å². The maximum atomic E-state index is 6.14. The molecule has 0 spiro atoms. The molecule has 0 aromatic heterocycles. The summed E-state index contributed by atoms with van der Waals surface area (Å²) in [5.41, 5.74) is 9.50. The van der Waals surface area contributed by atoms with Crippen molar-refractivity contribution in [1.29, 1.82) is 0 Å². The molecule has 0 aliphatic rings. The van der Waals surface area contributed by atoms with Crippen LogP contribution in [0.1, 0.15) is 11.1 Å². The van der Waals surface area contributed by atoms with Gasteiger partial charge in [-0.2, -0.15) is 0 Å². The van der Waals surface area contributed by atoms with Gasteiger partial charge in [0.25, 0.3) is 0 Å². The summed E-state index contributed by atoms with van der Waals surface area (Å²) in [6.45, 7) is 0.235. The number of hydrazone groups is 1. The highest BCUT2D eigenvalue weighted by atomic mass is 35.5. The van der Waals surface area contributed by atoms with Crippen molar-refractivity contribution in [2.24, 2.45) is 5.73 Å². The fourth-order valence-electron chi connectivity index (χ4n) is 1.90. The first-order valence-corrected chi connectivity index (χ1v) is 8.05. The largest absolute Gasteiger partial charge is 0.493 e. The monoisotopic (exact) mass is 384 g/mol. The Balaban J connectivity index is 2.13. The van der Waals surface area contributed by atoms with Crippen LogP contribution in [0.4, 0.5) is 0 Å². The molecule has 0 unspecified atom stereocenters. The third-order valence-corrected chi connectivity index (χ3v) is 3.87. The third-order valence-electron chi connectivity index (χ3n) is 3.06. The van der Waals surface area contributed by atoms with Crippen molar-refractivity contribution in [3.8, 4) is 11.5 Å². The molecule has 126 valence electrons. The molecular weight excluding hydrogens is 369 g/mol. The lowest BCUT2D eigenvalue weighted by atomic mass is 10.2. The number of nitrogens with two attached hydrogens (primary N) is 1. The SMILES string of the molecule is COc1cc(C=[NH+]NC(N)=S)ccc1OCc1c(Cl)cccc1Cl. The topological polar surface area (TPSA) is 70.5 Å². The molecule has 2 rings (SSSR count). The molecule has 0 aliphatic carbocycles. The van der Waals surface area contributed by atoms with Crippen molar-refractivity contribution < 1.29 is 14.6 Å². The molecule has 24 heavy (non-hydrogen) atoms. The van der Waals surface area contributed by atoms with E-state index in [0.717, 1.165) is 11.1 Å². The van der Waals surface area contributed by atoms with Gasteiger partial charge in [-0.05, 0) is 42.5 Å². The van der Waals surface area contributed by atoms with E-state index < -0.39 is 0 Å². The van der Waals surface area contributed by atoms with Gasteiger partial charge in [-0.25, -0.2) is 0 Å². The Morgan fingerprint density at radius 3 is 2.58 bits per heavy atom. The summed E-state index contributed by atoms with van der Waals surface area (Å²) in [6.07, 6.45) is 1.69. The minimum atomic E-state index is 0.148. The Hall–Kier alpha value is -2.02. The first-order valence-electron chi connectivity index (χ1n) is 6.89. The maximum absolute atomic E-state index is 6.14. The number of hydrogen-bond acceptors (Lipinski definition) is 3. The van der Waals surface area contributed by atoms with Crippen molar-refractivity contribution in [2.45, 2.75) is 6.61 Å². The Labute approximate surface area is 155 Å². The average molecular weight is 385 g/mol. The standard InChI is InChI=1S/C16H15Cl2N3O2S/c1-22-15-7-10(8-20-21-16(19)24)5-6-14(15)23-9-11-12(17)3-2-4-13(11)18/h2-8H,9H2,1H3,(H3,19,21,24)/p+1. The van der Waals surface area contributed by atoms with Crippen molar-refractivity contribution in [2.75, 3.05) is 7.11 Å². The van der Waals surface area contributed by atoms with E-state index in [1.807, 2.05) is 6.07 Å². The number of benzene rings is 2. The van der Waals surface area contributed by atoms with E-state index in [9.17, 15) is 0 Å². The van der Waals surface area contributed by atoms with Crippen LogP contribution >= 0.6 is 35.4 Å². The van der Waals surface area contributed by atoms with E-state index in [4.69, 9.17) is 50.6 Å². The molecule has 0 heterocycles. The Bertz CT molecular complexity index is 749. The van der Waals surface area contributed by atoms with E-state index >= 15 is 0 Å². The number of thiocarbonyl (C=S) groups is 1. The summed E-state index contributed by atoms with van der Waals surface area (Å²) < 4.78 is 11.1. The van der Waals surface area contributed by atoms with Crippen molar-refractivity contribution in [3.63, 3.8) is 0 Å². The van der Waals surface area contributed by atoms with Crippen LogP contribution in [0.5, 0.6) is 11.5 Å². The molecule has 0 saturated carbocycles. The molecule has 8 heteroatoms. The molecule has 0 amide bonds. The van der Waals surface area contributed by atoms with Crippen LogP contribution in [-0.4, -0.2) is 18.4 Å². The number of methoxy groups -OCH3 is 1. The molecule has 2 aromatic rings. The first-order chi connectivity index (χ1) is 11.5. The molecule has 0 aliphatic heterocycles. The van der Waals surface area contributed by atoms with Crippen molar-refractivity contribution in [1.82, 2.24) is 5.43 Å². The predicted molar refractivity (Wildman–Crippen MR) is 99.8 cm³/mol. The number of ether oxygens (including phenoxy) is 2. The molecule has 0 bridgehead atoms. The maximum Gasteiger partial charge on any atom is 0.221 e. The molecule has 0 radical (unpaired) electrons. The van der Waals surface area contributed by atoms with Crippen LogP contribution in [0.3, 0.4) is 0 Å². The van der Waals surface area contributed by atoms with E-state index in [1.54, 1.807) is 43.7 Å². The third kappa shape index (κ3) is 4.99. The van der Waals surface area contributed by atoms with Crippen LogP contribution < -0.4 is 25.7 Å². The Morgan fingerprint density at radius 1 is 1.25 bits per heavy atom. The lowest BCUT2D eigenvalue weighted by Crippen LogP contribution is -2.82. The first kappa shape index (κ1) is 18.3. The van der Waals surface area contributed by atoms with E-state index in [2.05, 4.69) is 10.5 Å². The zero-order valence-corrected chi connectivity index (χ0v) is 15.1. The number of rotatable bonds is 6. The summed E-state index contributed by atoms with van der Waals surface area (Å²) in [4.78, 5) is 0. The van der Waals surface area contributed by atoms with E-state index in [1.165, 1.54) is 0 Å². The lowest BCUT2D eigenvalue weighted by molar-refractivity contribution is -0.499. The van der Waals surface area contributed by atoms with Gasteiger partial charge in [0.05, 0.1) is 7.11 Å². The minimum absolute atomic E-state index is 0.148. The molecular formula is C16H16Cl2N3O2S+. The molecule has 5 nitrogen and oxygen atoms in total. The van der Waals surface area contributed by atoms with Crippen LogP contribution in [0.15, 0.2) is 36.4 Å². The number of hydrogen-bond donors (Lipinski definition) is 3. The van der Waals surface area contributed by atoms with Gasteiger partial charge in [-0.15, -0.1) is 10.5 Å². The second-order valence-corrected chi connectivity index (χ2v) is 5.93. The quantitative estimate of drug-likeness (QED) is 0.402. The van der Waals surface area contributed by atoms with Crippen molar-refractivity contribution in [3.05, 3.63) is 57.6 Å². The second kappa shape index (κ2) is 8.73. The normalized spacial score (nSPS) is 10.6. The van der Waals surface area contributed by atoms with Gasteiger partial charge < -0.3 is 15.2 Å². The molecule has 4 N–H and O–H groups in total. The number of halogens is 2. The highest BCUT2D eigenvalue weighted by Crippen LogP contribution is 2.30. The second-order valence-electron chi connectivity index (χ2n) is 4.68. The van der Waals surface area contributed by atoms with Crippen molar-refractivity contribution >= 4 is 46.7 Å². The number of hydrazine groups is 1. The summed E-state index contributed by atoms with van der Waals surface area (Å²) in [5, 5.41) is 4.03. The summed E-state index contributed by atoms with van der Waals surface area (Å²) in [6, 6.07) is 10.8. The van der Waals surface area contributed by atoms with Crippen LogP contribution in [0.2, 0.25) is 10.0 Å². The Morgan fingerprint density at radius 2 is 1.96 bits per heavy atom. The Kier molecular flexibility index (Phi) is 6.66. The molecule has 0 fully saturated rings. The summed E-state index contributed by atoms with van der Waals surface area (Å²) >= 11 is 17.0. The van der Waals surface area contributed by atoms with E-state index in [-0.39, 0.29) is 11.7 Å². The fourth-order valence-corrected chi connectivity index (χ4v) is 2.47. The number of nitrogens with one attached hydrogen (secondary N) is 2. The van der Waals surface area contributed by atoms with Crippen LogP contribution in [0, 0.1) is 0 Å². The smallest absolute Gasteiger partial charge is 0.221 e. The minimum Gasteiger partial charge on any atom is -0.493 e. The highest BCUT2D eigenvalue weighted by Gasteiger charge is 2.10. The van der Waals surface area contributed by atoms with Gasteiger partial charge in [-0.3, -0.25) is 0 Å². The van der Waals surface area contributed by atoms with Gasteiger partial charge in [0, 0.05) is 21.2 Å². The molecule has 0 saturated heterocycles. The molecule has 0 atom stereocenters. The van der Waals surface area contributed by atoms with Gasteiger partial charge >= 0.3 is 0 Å². The fraction of sp³-hybridized carbons (Fsp3) is 0.125. The van der Waals surface area contributed by atoms with E-state index in [0.29, 0.717) is 21.5 Å². The van der Waals surface area contributed by atoms with Crippen LogP contribution in [-0.2, 0) is 6.61 Å². The van der Waals surface area contributed by atoms with Gasteiger partial charge in [-0.1, -0.05) is 29.3 Å². The van der Waals surface area contributed by atoms with Gasteiger partial charge in [0.2, 0.25) is 5.11 Å². The van der Waals surface area contributed by atoms with Crippen LogP contribution in [0.25, 0.3) is 0 Å². The summed E-state index contributed by atoms with van der Waals surface area (Å²) in [7, 11) is 1.56. The zero-order chi connectivity index (χ0) is 17.5. The zero-order valence-electron chi connectivity index (χ0n) is 12.8. The predicted octanol–water partition coefficient (Wildman–Crippen LogP) is 1.83. The lowest BCUT2D eigenvalue weighted by Gasteiger charge is -2.12.